The van der Waals surface area contributed by atoms with Crippen LogP contribution in [0.4, 0.5) is 5.95 Å². The Morgan fingerprint density at radius 2 is 2.03 bits per heavy atom. The number of anilines is 1. The van der Waals surface area contributed by atoms with Gasteiger partial charge in [-0.1, -0.05) is 12.1 Å². The van der Waals surface area contributed by atoms with E-state index in [1.807, 2.05) is 41.8 Å². The zero-order valence-corrected chi connectivity index (χ0v) is 16.3. The number of benzene rings is 1. The number of thiophene rings is 1. The summed E-state index contributed by atoms with van der Waals surface area (Å²) in [6, 6.07) is 11.6. The quantitative estimate of drug-likeness (QED) is 0.536. The smallest absolute Gasteiger partial charge is 0.262 e. The first-order valence-electron chi connectivity index (χ1n) is 9.33. The molecule has 0 atom stereocenters. The van der Waals surface area contributed by atoms with Crippen LogP contribution in [0, 0.1) is 0 Å². The average Bonchev–Trinajstić information content (AvgIpc) is 3.17. The maximum absolute atomic E-state index is 12.7. The molecular formula is C21H18N4O3S. The van der Waals surface area contributed by atoms with Gasteiger partial charge in [-0.25, -0.2) is 4.98 Å². The van der Waals surface area contributed by atoms with E-state index in [1.165, 1.54) is 0 Å². The molecule has 1 aromatic carbocycles. The molecule has 0 fully saturated rings. The van der Waals surface area contributed by atoms with Crippen LogP contribution < -0.4 is 20.3 Å². The predicted molar refractivity (Wildman–Crippen MR) is 113 cm³/mol. The molecule has 4 heterocycles. The van der Waals surface area contributed by atoms with Gasteiger partial charge in [0.15, 0.2) is 17.1 Å². The molecule has 5 rings (SSSR count). The highest BCUT2D eigenvalue weighted by atomic mass is 32.1. The molecule has 29 heavy (non-hydrogen) atoms. The van der Waals surface area contributed by atoms with Gasteiger partial charge in [-0.05, 0) is 35.2 Å². The SMILES string of the molecule is O=c1[nH]c(NCc2ccc3c(c2)OCCCO3)nc2nccc(-c3cccs3)c12. The Morgan fingerprint density at radius 3 is 2.90 bits per heavy atom. The number of nitrogens with zero attached hydrogens (tertiary/aromatic N) is 2. The second-order valence-corrected chi connectivity index (χ2v) is 7.58. The molecule has 4 aromatic rings. The molecular weight excluding hydrogens is 388 g/mol. The van der Waals surface area contributed by atoms with E-state index < -0.39 is 0 Å². The summed E-state index contributed by atoms with van der Waals surface area (Å²) in [7, 11) is 0. The van der Waals surface area contributed by atoms with Crippen molar-refractivity contribution in [2.75, 3.05) is 18.5 Å². The Labute approximate surface area is 170 Å². The summed E-state index contributed by atoms with van der Waals surface area (Å²) in [5.41, 5.74) is 2.04. The van der Waals surface area contributed by atoms with Crippen molar-refractivity contribution in [3.8, 4) is 21.9 Å². The highest BCUT2D eigenvalue weighted by molar-refractivity contribution is 7.13. The maximum atomic E-state index is 12.7. The number of aromatic nitrogens is 3. The van der Waals surface area contributed by atoms with Crippen LogP contribution in [0.3, 0.4) is 0 Å². The molecule has 0 unspecified atom stereocenters. The average molecular weight is 406 g/mol. The molecule has 0 amide bonds. The van der Waals surface area contributed by atoms with Gasteiger partial charge in [0.2, 0.25) is 5.95 Å². The van der Waals surface area contributed by atoms with Gasteiger partial charge in [0.1, 0.15) is 0 Å². The minimum atomic E-state index is -0.215. The Hall–Kier alpha value is -3.39. The van der Waals surface area contributed by atoms with Crippen LogP contribution in [0.1, 0.15) is 12.0 Å². The van der Waals surface area contributed by atoms with Crippen molar-refractivity contribution in [1.82, 2.24) is 15.0 Å². The number of aromatic amines is 1. The standard InChI is InChI=1S/C21H18N4O3S/c26-20-18-14(17-3-1-10-29-17)6-7-22-19(18)24-21(25-20)23-12-13-4-5-15-16(11-13)28-9-2-8-27-15/h1,3-7,10-11H,2,8-9,12H2,(H2,22,23,24,25,26). The zero-order chi connectivity index (χ0) is 19.6. The minimum Gasteiger partial charge on any atom is -0.490 e. The van der Waals surface area contributed by atoms with Crippen molar-refractivity contribution in [3.05, 3.63) is 63.9 Å². The van der Waals surface area contributed by atoms with Crippen molar-refractivity contribution in [1.29, 1.82) is 0 Å². The summed E-state index contributed by atoms with van der Waals surface area (Å²) in [5, 5.41) is 5.65. The lowest BCUT2D eigenvalue weighted by Crippen LogP contribution is -2.14. The summed E-state index contributed by atoms with van der Waals surface area (Å²) in [4.78, 5) is 25.4. The van der Waals surface area contributed by atoms with E-state index in [9.17, 15) is 4.79 Å². The number of hydrogen-bond acceptors (Lipinski definition) is 7. The van der Waals surface area contributed by atoms with Crippen molar-refractivity contribution in [2.45, 2.75) is 13.0 Å². The third-order valence-electron chi connectivity index (χ3n) is 4.67. The molecule has 0 saturated heterocycles. The fraction of sp³-hybridized carbons (Fsp3) is 0.190. The van der Waals surface area contributed by atoms with Gasteiger partial charge in [0.05, 0.1) is 18.6 Å². The fourth-order valence-corrected chi connectivity index (χ4v) is 4.05. The fourth-order valence-electron chi connectivity index (χ4n) is 3.29. The van der Waals surface area contributed by atoms with E-state index in [2.05, 4.69) is 20.3 Å². The summed E-state index contributed by atoms with van der Waals surface area (Å²) in [6.07, 6.45) is 2.54. The summed E-state index contributed by atoms with van der Waals surface area (Å²) in [5.74, 6) is 1.88. The molecule has 3 aromatic heterocycles. The first-order valence-corrected chi connectivity index (χ1v) is 10.2. The molecule has 0 spiro atoms. The number of rotatable bonds is 4. The summed E-state index contributed by atoms with van der Waals surface area (Å²) >= 11 is 1.58. The number of nitrogens with one attached hydrogen (secondary N) is 2. The van der Waals surface area contributed by atoms with Crippen molar-refractivity contribution in [2.24, 2.45) is 0 Å². The van der Waals surface area contributed by atoms with Crippen LogP contribution in [0.25, 0.3) is 21.5 Å². The predicted octanol–water partition coefficient (Wildman–Crippen LogP) is 3.82. The van der Waals surface area contributed by atoms with Gasteiger partial charge in [-0.2, -0.15) is 4.98 Å². The lowest BCUT2D eigenvalue weighted by molar-refractivity contribution is 0.297. The van der Waals surface area contributed by atoms with Gasteiger partial charge in [0, 0.05) is 29.6 Å². The third-order valence-corrected chi connectivity index (χ3v) is 5.57. The number of hydrogen-bond donors (Lipinski definition) is 2. The molecule has 146 valence electrons. The highest BCUT2D eigenvalue weighted by Gasteiger charge is 2.13. The number of fused-ring (bicyclic) bond motifs is 2. The lowest BCUT2D eigenvalue weighted by atomic mass is 10.1. The largest absolute Gasteiger partial charge is 0.490 e. The van der Waals surface area contributed by atoms with Crippen LogP contribution in [-0.4, -0.2) is 28.2 Å². The normalized spacial score (nSPS) is 13.2. The van der Waals surface area contributed by atoms with Gasteiger partial charge in [-0.3, -0.25) is 9.78 Å². The van der Waals surface area contributed by atoms with Gasteiger partial charge in [0.25, 0.3) is 5.56 Å². The van der Waals surface area contributed by atoms with Crippen LogP contribution >= 0.6 is 11.3 Å². The molecule has 1 aliphatic rings. The molecule has 2 N–H and O–H groups in total. The second-order valence-electron chi connectivity index (χ2n) is 6.63. The second kappa shape index (κ2) is 7.56. The molecule has 0 aliphatic carbocycles. The van der Waals surface area contributed by atoms with E-state index in [0.29, 0.717) is 36.7 Å². The number of H-pyrrole nitrogens is 1. The van der Waals surface area contributed by atoms with Crippen molar-refractivity contribution in [3.63, 3.8) is 0 Å². The van der Waals surface area contributed by atoms with Crippen LogP contribution in [0.15, 0.2) is 52.8 Å². The van der Waals surface area contributed by atoms with Crippen LogP contribution in [0.2, 0.25) is 0 Å². The van der Waals surface area contributed by atoms with E-state index >= 15 is 0 Å². The number of ether oxygens (including phenoxy) is 2. The van der Waals surface area contributed by atoms with Crippen LogP contribution in [0.5, 0.6) is 11.5 Å². The van der Waals surface area contributed by atoms with E-state index in [0.717, 1.165) is 33.9 Å². The maximum Gasteiger partial charge on any atom is 0.262 e. The first kappa shape index (κ1) is 17.7. The summed E-state index contributed by atoms with van der Waals surface area (Å²) in [6.45, 7) is 1.78. The number of pyridine rings is 1. The molecule has 7 nitrogen and oxygen atoms in total. The topological polar surface area (TPSA) is 89.1 Å². The zero-order valence-electron chi connectivity index (χ0n) is 15.5. The van der Waals surface area contributed by atoms with Crippen LogP contribution in [-0.2, 0) is 6.54 Å². The molecule has 1 aliphatic heterocycles. The highest BCUT2D eigenvalue weighted by Crippen LogP contribution is 2.31. The van der Waals surface area contributed by atoms with Crippen molar-refractivity contribution < 1.29 is 9.47 Å². The third kappa shape index (κ3) is 3.54. The van der Waals surface area contributed by atoms with E-state index in [4.69, 9.17) is 9.47 Å². The Morgan fingerprint density at radius 1 is 1.14 bits per heavy atom. The lowest BCUT2D eigenvalue weighted by Gasteiger charge is -2.11. The van der Waals surface area contributed by atoms with Crippen molar-refractivity contribution >= 4 is 28.3 Å². The van der Waals surface area contributed by atoms with E-state index in [1.54, 1.807) is 17.5 Å². The van der Waals surface area contributed by atoms with Gasteiger partial charge < -0.3 is 14.8 Å². The minimum absolute atomic E-state index is 0.215. The van der Waals surface area contributed by atoms with E-state index in [-0.39, 0.29) is 5.56 Å². The summed E-state index contributed by atoms with van der Waals surface area (Å²) < 4.78 is 11.4. The Kier molecular flexibility index (Phi) is 4.61. The molecule has 0 saturated carbocycles. The molecule has 0 bridgehead atoms. The Balaban J connectivity index is 1.42. The first-order chi connectivity index (χ1) is 14.3. The monoisotopic (exact) mass is 406 g/mol. The molecule has 0 radical (unpaired) electrons. The van der Waals surface area contributed by atoms with Gasteiger partial charge >= 0.3 is 0 Å². The Bertz CT molecular complexity index is 1220. The van der Waals surface area contributed by atoms with Gasteiger partial charge in [-0.15, -0.1) is 11.3 Å². The molecule has 8 heteroatoms.